The molecule has 1 rings (SSSR count). The van der Waals surface area contributed by atoms with E-state index in [9.17, 15) is 9.59 Å². The van der Waals surface area contributed by atoms with Crippen LogP contribution in [0.15, 0.2) is 18.2 Å². The van der Waals surface area contributed by atoms with Gasteiger partial charge in [0, 0.05) is 17.1 Å². The van der Waals surface area contributed by atoms with E-state index in [2.05, 4.69) is 0 Å². The lowest BCUT2D eigenvalue weighted by Gasteiger charge is -2.31. The van der Waals surface area contributed by atoms with Gasteiger partial charge in [-0.3, -0.25) is 4.79 Å². The molecule has 0 spiro atoms. The van der Waals surface area contributed by atoms with E-state index in [4.69, 9.17) is 28.3 Å². The molecular weight excluding hydrogens is 289 g/mol. The third kappa shape index (κ3) is 3.39. The summed E-state index contributed by atoms with van der Waals surface area (Å²) < 4.78 is 0. The monoisotopic (exact) mass is 303 g/mol. The molecule has 0 unspecified atom stereocenters. The van der Waals surface area contributed by atoms with Crippen LogP contribution in [-0.4, -0.2) is 34.5 Å². The molecule has 0 bridgehead atoms. The second-order valence-corrected chi connectivity index (χ2v) is 5.51. The zero-order chi connectivity index (χ0) is 14.8. The standard InChI is InChI=1S/C13H15Cl2NO3/c1-13(2,12(18)19)16(3)11(17)7-8-9(14)5-4-6-10(8)15/h4-6H,7H2,1-3H3,(H,18,19). The average molecular weight is 304 g/mol. The van der Waals surface area contributed by atoms with E-state index < -0.39 is 11.5 Å². The molecule has 0 aliphatic heterocycles. The number of aliphatic carboxylic acids is 1. The van der Waals surface area contributed by atoms with Crippen molar-refractivity contribution < 1.29 is 14.7 Å². The topological polar surface area (TPSA) is 57.6 Å². The first kappa shape index (κ1) is 15.8. The highest BCUT2D eigenvalue weighted by Gasteiger charge is 2.35. The largest absolute Gasteiger partial charge is 0.480 e. The minimum Gasteiger partial charge on any atom is -0.480 e. The highest BCUT2D eigenvalue weighted by Crippen LogP contribution is 2.26. The Morgan fingerprint density at radius 1 is 1.26 bits per heavy atom. The zero-order valence-corrected chi connectivity index (χ0v) is 12.4. The first-order valence-electron chi connectivity index (χ1n) is 5.61. The van der Waals surface area contributed by atoms with Crippen molar-refractivity contribution in [2.24, 2.45) is 0 Å². The van der Waals surface area contributed by atoms with Crippen LogP contribution >= 0.6 is 23.2 Å². The molecule has 1 amide bonds. The minimum atomic E-state index is -1.29. The molecule has 0 radical (unpaired) electrons. The second kappa shape index (κ2) is 5.80. The van der Waals surface area contributed by atoms with Gasteiger partial charge in [-0.2, -0.15) is 0 Å². The van der Waals surface area contributed by atoms with Crippen LogP contribution in [0.2, 0.25) is 10.0 Å². The molecule has 4 nitrogen and oxygen atoms in total. The summed E-state index contributed by atoms with van der Waals surface area (Å²) in [6.07, 6.45) is -0.0360. The van der Waals surface area contributed by atoms with Gasteiger partial charge in [0.2, 0.25) is 5.91 Å². The number of benzene rings is 1. The molecule has 6 heteroatoms. The summed E-state index contributed by atoms with van der Waals surface area (Å²) in [5.74, 6) is -1.43. The lowest BCUT2D eigenvalue weighted by molar-refractivity contribution is -0.155. The summed E-state index contributed by atoms with van der Waals surface area (Å²) in [7, 11) is 1.45. The third-order valence-corrected chi connectivity index (χ3v) is 3.83. The van der Waals surface area contributed by atoms with E-state index in [-0.39, 0.29) is 12.3 Å². The Morgan fingerprint density at radius 3 is 2.16 bits per heavy atom. The van der Waals surface area contributed by atoms with E-state index in [1.54, 1.807) is 18.2 Å². The quantitative estimate of drug-likeness (QED) is 0.930. The predicted octanol–water partition coefficient (Wildman–Crippen LogP) is 2.86. The molecular formula is C13H15Cl2NO3. The van der Waals surface area contributed by atoms with Gasteiger partial charge in [-0.25, -0.2) is 4.79 Å². The highest BCUT2D eigenvalue weighted by atomic mass is 35.5. The Kier molecular flexibility index (Phi) is 4.82. The van der Waals surface area contributed by atoms with Crippen molar-refractivity contribution >= 4 is 35.1 Å². The number of amides is 1. The molecule has 19 heavy (non-hydrogen) atoms. The molecule has 1 aromatic rings. The normalized spacial score (nSPS) is 11.2. The number of halogens is 2. The Labute approximate surface area is 121 Å². The molecule has 0 aliphatic rings. The van der Waals surface area contributed by atoms with Crippen LogP contribution in [0.5, 0.6) is 0 Å². The maximum absolute atomic E-state index is 12.1. The predicted molar refractivity (Wildman–Crippen MR) is 74.7 cm³/mol. The third-order valence-electron chi connectivity index (χ3n) is 3.13. The Morgan fingerprint density at radius 2 is 1.74 bits per heavy atom. The number of carboxylic acid groups (broad SMARTS) is 1. The van der Waals surface area contributed by atoms with Gasteiger partial charge >= 0.3 is 5.97 Å². The fraction of sp³-hybridized carbons (Fsp3) is 0.385. The van der Waals surface area contributed by atoms with Crippen LogP contribution in [0, 0.1) is 0 Å². The van der Waals surface area contributed by atoms with E-state index in [0.29, 0.717) is 15.6 Å². The fourth-order valence-electron chi connectivity index (χ4n) is 1.43. The van der Waals surface area contributed by atoms with Gasteiger partial charge in [-0.05, 0) is 31.5 Å². The van der Waals surface area contributed by atoms with Gasteiger partial charge in [-0.1, -0.05) is 29.3 Å². The summed E-state index contributed by atoms with van der Waals surface area (Å²) in [4.78, 5) is 24.4. The Bertz CT molecular complexity index is 494. The van der Waals surface area contributed by atoms with Crippen LogP contribution in [0.1, 0.15) is 19.4 Å². The number of hydrogen-bond donors (Lipinski definition) is 1. The van der Waals surface area contributed by atoms with Gasteiger partial charge in [0.25, 0.3) is 0 Å². The first-order chi connectivity index (χ1) is 8.67. The number of carbonyl (C=O) groups is 2. The summed E-state index contributed by atoms with van der Waals surface area (Å²) in [6.45, 7) is 2.92. The van der Waals surface area contributed by atoms with Crippen molar-refractivity contribution in [1.82, 2.24) is 4.90 Å². The number of carbonyl (C=O) groups excluding carboxylic acids is 1. The molecule has 1 aromatic carbocycles. The van der Waals surface area contributed by atoms with E-state index >= 15 is 0 Å². The van der Waals surface area contributed by atoms with Crippen LogP contribution in [0.3, 0.4) is 0 Å². The van der Waals surface area contributed by atoms with Crippen LogP contribution in [0.25, 0.3) is 0 Å². The average Bonchev–Trinajstić information content (AvgIpc) is 2.32. The van der Waals surface area contributed by atoms with Crippen LogP contribution in [-0.2, 0) is 16.0 Å². The molecule has 0 heterocycles. The smallest absolute Gasteiger partial charge is 0.329 e. The summed E-state index contributed by atoms with van der Waals surface area (Å²) in [5.41, 5.74) is -0.783. The van der Waals surface area contributed by atoms with E-state index in [0.717, 1.165) is 0 Å². The lowest BCUT2D eigenvalue weighted by Crippen LogP contribution is -2.51. The van der Waals surface area contributed by atoms with E-state index in [1.165, 1.54) is 25.8 Å². The van der Waals surface area contributed by atoms with Crippen molar-refractivity contribution in [3.8, 4) is 0 Å². The van der Waals surface area contributed by atoms with Crippen molar-refractivity contribution in [3.05, 3.63) is 33.8 Å². The van der Waals surface area contributed by atoms with Crippen molar-refractivity contribution in [2.75, 3.05) is 7.05 Å². The van der Waals surface area contributed by atoms with Gasteiger partial charge in [0.1, 0.15) is 5.54 Å². The number of likely N-dealkylation sites (N-methyl/N-ethyl adjacent to an activating group) is 1. The SMILES string of the molecule is CN(C(=O)Cc1c(Cl)cccc1Cl)C(C)(C)C(=O)O. The summed E-state index contributed by atoms with van der Waals surface area (Å²) >= 11 is 12.0. The Hall–Kier alpha value is -1.26. The minimum absolute atomic E-state index is 0.0360. The number of carboxylic acids is 1. The number of hydrogen-bond acceptors (Lipinski definition) is 2. The second-order valence-electron chi connectivity index (χ2n) is 4.69. The van der Waals surface area contributed by atoms with Crippen molar-refractivity contribution in [2.45, 2.75) is 25.8 Å². The first-order valence-corrected chi connectivity index (χ1v) is 6.36. The maximum atomic E-state index is 12.1. The lowest BCUT2D eigenvalue weighted by atomic mass is 10.0. The molecule has 104 valence electrons. The van der Waals surface area contributed by atoms with Crippen molar-refractivity contribution in [1.29, 1.82) is 0 Å². The summed E-state index contributed by atoms with van der Waals surface area (Å²) in [5, 5.41) is 9.87. The highest BCUT2D eigenvalue weighted by molar-refractivity contribution is 6.36. The van der Waals surface area contributed by atoms with Crippen molar-refractivity contribution in [3.63, 3.8) is 0 Å². The molecule has 0 saturated heterocycles. The summed E-state index contributed by atoms with van der Waals surface area (Å²) in [6, 6.07) is 4.96. The van der Waals surface area contributed by atoms with Crippen LogP contribution in [0.4, 0.5) is 0 Å². The van der Waals surface area contributed by atoms with Gasteiger partial charge in [0.15, 0.2) is 0 Å². The molecule has 0 saturated carbocycles. The molecule has 0 atom stereocenters. The molecule has 1 N–H and O–H groups in total. The maximum Gasteiger partial charge on any atom is 0.329 e. The molecule has 0 aromatic heterocycles. The molecule has 0 fully saturated rings. The van der Waals surface area contributed by atoms with Crippen LogP contribution < -0.4 is 0 Å². The number of rotatable bonds is 4. The number of nitrogens with zero attached hydrogens (tertiary/aromatic N) is 1. The zero-order valence-electron chi connectivity index (χ0n) is 10.9. The Balaban J connectivity index is 2.95. The molecule has 0 aliphatic carbocycles. The van der Waals surface area contributed by atoms with Gasteiger partial charge in [0.05, 0.1) is 6.42 Å². The fourth-order valence-corrected chi connectivity index (χ4v) is 1.96. The van der Waals surface area contributed by atoms with E-state index in [1.807, 2.05) is 0 Å². The van der Waals surface area contributed by atoms with Gasteiger partial charge in [-0.15, -0.1) is 0 Å². The van der Waals surface area contributed by atoms with Gasteiger partial charge < -0.3 is 10.0 Å².